The summed E-state index contributed by atoms with van der Waals surface area (Å²) in [5.41, 5.74) is 1.46. The van der Waals surface area contributed by atoms with E-state index >= 15 is 0 Å². The third-order valence-electron chi connectivity index (χ3n) is 3.50. The Morgan fingerprint density at radius 1 is 1.17 bits per heavy atom. The van der Waals surface area contributed by atoms with Gasteiger partial charge in [-0.15, -0.1) is 0 Å². The summed E-state index contributed by atoms with van der Waals surface area (Å²) in [7, 11) is 3.37. The van der Waals surface area contributed by atoms with Gasteiger partial charge in [0.15, 0.2) is 11.6 Å². The molecular formula is C18H16N4O2. The van der Waals surface area contributed by atoms with Gasteiger partial charge in [0.1, 0.15) is 24.2 Å². The van der Waals surface area contributed by atoms with Crippen molar-refractivity contribution in [3.05, 3.63) is 59.9 Å². The molecule has 0 bridgehead atoms. The predicted molar refractivity (Wildman–Crippen MR) is 88.5 cm³/mol. The van der Waals surface area contributed by atoms with Gasteiger partial charge in [0.25, 0.3) is 0 Å². The lowest BCUT2D eigenvalue weighted by molar-refractivity contribution is 0.293. The number of rotatable bonds is 5. The quantitative estimate of drug-likeness (QED) is 0.722. The van der Waals surface area contributed by atoms with Gasteiger partial charge < -0.3 is 9.47 Å². The molecule has 120 valence electrons. The lowest BCUT2D eigenvalue weighted by atomic mass is 10.2. The van der Waals surface area contributed by atoms with E-state index in [1.54, 1.807) is 22.9 Å². The Morgan fingerprint density at radius 3 is 2.67 bits per heavy atom. The van der Waals surface area contributed by atoms with Gasteiger partial charge in [0.05, 0.1) is 12.7 Å². The van der Waals surface area contributed by atoms with Gasteiger partial charge in [-0.1, -0.05) is 30.3 Å². The molecule has 0 aliphatic rings. The minimum absolute atomic E-state index is 0.232. The van der Waals surface area contributed by atoms with Crippen LogP contribution in [-0.4, -0.2) is 21.9 Å². The summed E-state index contributed by atoms with van der Waals surface area (Å²) in [5, 5.41) is 13.4. The van der Waals surface area contributed by atoms with Crippen molar-refractivity contribution in [2.24, 2.45) is 7.05 Å². The Hall–Kier alpha value is -3.33. The largest absolute Gasteiger partial charge is 0.495 e. The summed E-state index contributed by atoms with van der Waals surface area (Å²) < 4.78 is 12.6. The highest BCUT2D eigenvalue weighted by Gasteiger charge is 2.10. The summed E-state index contributed by atoms with van der Waals surface area (Å²) in [6, 6.07) is 17.0. The van der Waals surface area contributed by atoms with E-state index in [-0.39, 0.29) is 6.61 Å². The number of benzene rings is 2. The van der Waals surface area contributed by atoms with Crippen LogP contribution in [0.2, 0.25) is 0 Å². The van der Waals surface area contributed by atoms with Crippen LogP contribution in [0.4, 0.5) is 0 Å². The zero-order valence-electron chi connectivity index (χ0n) is 13.4. The van der Waals surface area contributed by atoms with Crippen LogP contribution in [-0.2, 0) is 13.7 Å². The van der Waals surface area contributed by atoms with Crippen LogP contribution in [0.1, 0.15) is 11.4 Å². The van der Waals surface area contributed by atoms with Crippen molar-refractivity contribution in [1.29, 1.82) is 5.26 Å². The van der Waals surface area contributed by atoms with Crippen LogP contribution in [0.15, 0.2) is 48.5 Å². The van der Waals surface area contributed by atoms with Gasteiger partial charge in [-0.2, -0.15) is 10.4 Å². The molecule has 6 nitrogen and oxygen atoms in total. The number of hydrogen-bond acceptors (Lipinski definition) is 5. The number of nitriles is 1. The zero-order valence-corrected chi connectivity index (χ0v) is 13.4. The molecule has 3 aromatic rings. The number of methoxy groups -OCH3 is 1. The summed E-state index contributed by atoms with van der Waals surface area (Å²) in [6.07, 6.45) is 0. The zero-order chi connectivity index (χ0) is 16.9. The van der Waals surface area contributed by atoms with E-state index in [0.29, 0.717) is 22.9 Å². The van der Waals surface area contributed by atoms with Crippen LogP contribution < -0.4 is 9.47 Å². The predicted octanol–water partition coefficient (Wildman–Crippen LogP) is 2.94. The Kier molecular flexibility index (Phi) is 4.43. The van der Waals surface area contributed by atoms with Crippen molar-refractivity contribution >= 4 is 0 Å². The molecule has 0 spiro atoms. The third kappa shape index (κ3) is 3.20. The molecule has 0 aliphatic heterocycles. The fourth-order valence-electron chi connectivity index (χ4n) is 2.34. The molecule has 0 radical (unpaired) electrons. The summed E-state index contributed by atoms with van der Waals surface area (Å²) >= 11 is 0. The molecule has 3 rings (SSSR count). The molecule has 0 amide bonds. The molecule has 0 aliphatic carbocycles. The first-order valence-electron chi connectivity index (χ1n) is 7.37. The number of aryl methyl sites for hydroxylation is 1. The summed E-state index contributed by atoms with van der Waals surface area (Å²) in [4.78, 5) is 4.51. The van der Waals surface area contributed by atoms with E-state index in [2.05, 4.69) is 16.2 Å². The van der Waals surface area contributed by atoms with E-state index in [0.717, 1.165) is 11.4 Å². The first-order valence-corrected chi connectivity index (χ1v) is 7.37. The monoisotopic (exact) mass is 320 g/mol. The Balaban J connectivity index is 1.75. The average Bonchev–Trinajstić information content (AvgIpc) is 3.01. The van der Waals surface area contributed by atoms with Crippen molar-refractivity contribution < 1.29 is 9.47 Å². The first kappa shape index (κ1) is 15.6. The van der Waals surface area contributed by atoms with Crippen molar-refractivity contribution in [3.63, 3.8) is 0 Å². The fourth-order valence-corrected chi connectivity index (χ4v) is 2.34. The smallest absolute Gasteiger partial charge is 0.188 e. The fraction of sp³-hybridized carbons (Fsp3) is 0.167. The van der Waals surface area contributed by atoms with Crippen molar-refractivity contribution in [2.45, 2.75) is 6.61 Å². The van der Waals surface area contributed by atoms with E-state index in [4.69, 9.17) is 14.7 Å². The van der Waals surface area contributed by atoms with Gasteiger partial charge in [-0.3, -0.25) is 0 Å². The molecule has 1 aromatic heterocycles. The van der Waals surface area contributed by atoms with Crippen LogP contribution in [0.5, 0.6) is 11.5 Å². The lowest BCUT2D eigenvalue weighted by Crippen LogP contribution is -1.99. The average molecular weight is 320 g/mol. The Bertz CT molecular complexity index is 882. The standard InChI is InChI=1S/C18H16N4O2/c1-22-18(13-6-4-3-5-7-13)20-17(21-22)12-24-15-9-8-14(11-19)16(10-15)23-2/h3-10H,12H2,1-2H3. The topological polar surface area (TPSA) is 73.0 Å². The van der Waals surface area contributed by atoms with Crippen LogP contribution >= 0.6 is 0 Å². The first-order chi connectivity index (χ1) is 11.7. The van der Waals surface area contributed by atoms with E-state index in [9.17, 15) is 0 Å². The minimum Gasteiger partial charge on any atom is -0.495 e. The highest BCUT2D eigenvalue weighted by molar-refractivity contribution is 5.54. The molecule has 0 atom stereocenters. The molecule has 0 unspecified atom stereocenters. The molecule has 0 saturated heterocycles. The molecule has 2 aromatic carbocycles. The van der Waals surface area contributed by atoms with Crippen molar-refractivity contribution in [2.75, 3.05) is 7.11 Å². The van der Waals surface area contributed by atoms with Crippen molar-refractivity contribution in [1.82, 2.24) is 14.8 Å². The van der Waals surface area contributed by atoms with Crippen LogP contribution in [0.3, 0.4) is 0 Å². The second kappa shape index (κ2) is 6.84. The number of aromatic nitrogens is 3. The lowest BCUT2D eigenvalue weighted by Gasteiger charge is -2.07. The number of hydrogen-bond donors (Lipinski definition) is 0. The molecule has 0 saturated carbocycles. The molecule has 6 heteroatoms. The van der Waals surface area contributed by atoms with Crippen LogP contribution in [0.25, 0.3) is 11.4 Å². The number of ether oxygens (including phenoxy) is 2. The molecule has 0 fully saturated rings. The maximum Gasteiger partial charge on any atom is 0.188 e. The normalized spacial score (nSPS) is 10.2. The Morgan fingerprint density at radius 2 is 1.96 bits per heavy atom. The molecule has 0 N–H and O–H groups in total. The van der Waals surface area contributed by atoms with Gasteiger partial charge in [0, 0.05) is 18.7 Å². The van der Waals surface area contributed by atoms with Crippen molar-refractivity contribution in [3.8, 4) is 29.0 Å². The highest BCUT2D eigenvalue weighted by Crippen LogP contribution is 2.24. The summed E-state index contributed by atoms with van der Waals surface area (Å²) in [5.74, 6) is 2.44. The van der Waals surface area contributed by atoms with Crippen LogP contribution in [0, 0.1) is 11.3 Å². The van der Waals surface area contributed by atoms with E-state index in [1.165, 1.54) is 7.11 Å². The maximum absolute atomic E-state index is 9.00. The maximum atomic E-state index is 9.00. The van der Waals surface area contributed by atoms with Gasteiger partial charge >= 0.3 is 0 Å². The van der Waals surface area contributed by atoms with Gasteiger partial charge in [-0.05, 0) is 12.1 Å². The molecule has 1 heterocycles. The third-order valence-corrected chi connectivity index (χ3v) is 3.50. The molecule has 24 heavy (non-hydrogen) atoms. The van der Waals surface area contributed by atoms with E-state index in [1.807, 2.05) is 37.4 Å². The highest BCUT2D eigenvalue weighted by atomic mass is 16.5. The van der Waals surface area contributed by atoms with Gasteiger partial charge in [-0.25, -0.2) is 9.67 Å². The second-order valence-electron chi connectivity index (χ2n) is 5.10. The van der Waals surface area contributed by atoms with E-state index < -0.39 is 0 Å². The second-order valence-corrected chi connectivity index (χ2v) is 5.10. The summed E-state index contributed by atoms with van der Waals surface area (Å²) in [6.45, 7) is 0.232. The van der Waals surface area contributed by atoms with Gasteiger partial charge in [0.2, 0.25) is 0 Å². The SMILES string of the molecule is COc1cc(OCc2nc(-c3ccccc3)n(C)n2)ccc1C#N. The number of nitrogens with zero attached hydrogens (tertiary/aromatic N) is 4. The minimum atomic E-state index is 0.232. The Labute approximate surface area is 139 Å². The molecular weight excluding hydrogens is 304 g/mol.